The minimum absolute atomic E-state index is 0.0398. The molecule has 1 aromatic heterocycles. The molecule has 1 saturated heterocycles. The summed E-state index contributed by atoms with van der Waals surface area (Å²) < 4.78 is 17.1. The van der Waals surface area contributed by atoms with Crippen molar-refractivity contribution in [1.82, 2.24) is 15.0 Å². The van der Waals surface area contributed by atoms with Crippen molar-refractivity contribution < 1.29 is 18.8 Å². The van der Waals surface area contributed by atoms with Gasteiger partial charge < -0.3 is 19.3 Å². The number of nitrogens with zero attached hydrogens (tertiary/aromatic N) is 3. The molecule has 33 heavy (non-hydrogen) atoms. The first-order chi connectivity index (χ1) is 16.0. The summed E-state index contributed by atoms with van der Waals surface area (Å²) in [6.07, 6.45) is 1.80. The first kappa shape index (κ1) is 23.3. The van der Waals surface area contributed by atoms with E-state index in [1.54, 1.807) is 14.2 Å². The Morgan fingerprint density at radius 3 is 2.79 bits per heavy atom. The number of carbonyl (C=O) groups is 1. The minimum atomic E-state index is -0.0871. The Morgan fingerprint density at radius 1 is 1.21 bits per heavy atom. The van der Waals surface area contributed by atoms with Gasteiger partial charge in [0.2, 0.25) is 17.6 Å². The summed E-state index contributed by atoms with van der Waals surface area (Å²) in [6.45, 7) is 4.04. The monoisotopic (exact) mass is 514 g/mol. The van der Waals surface area contributed by atoms with Crippen LogP contribution in [0.25, 0.3) is 11.4 Å². The van der Waals surface area contributed by atoms with Crippen molar-refractivity contribution in [3.05, 3.63) is 52.3 Å². The molecule has 0 spiro atoms. The lowest BCUT2D eigenvalue weighted by molar-refractivity contribution is -0.121. The van der Waals surface area contributed by atoms with Crippen molar-refractivity contribution in [3.8, 4) is 22.9 Å². The third-order valence-corrected chi connectivity index (χ3v) is 6.66. The molecule has 9 heteroatoms. The summed E-state index contributed by atoms with van der Waals surface area (Å²) in [5.41, 5.74) is 2.68. The highest BCUT2D eigenvalue weighted by Gasteiger charge is 2.27. The zero-order valence-electron chi connectivity index (χ0n) is 18.9. The molecule has 1 amide bonds. The second-order valence-electron chi connectivity index (χ2n) is 8.11. The number of methoxy groups -OCH3 is 2. The number of rotatable bonds is 7. The van der Waals surface area contributed by atoms with Gasteiger partial charge in [-0.15, -0.1) is 0 Å². The zero-order chi connectivity index (χ0) is 23.4. The lowest BCUT2D eigenvalue weighted by Gasteiger charge is -2.30. The normalized spacial score (nSPS) is 16.4. The SMILES string of the molecule is COc1ccc(-c2noc(CN3CCCC(C(=O)Nc4ccc(Br)c(C)c4)C3)n2)cc1OC. The summed E-state index contributed by atoms with van der Waals surface area (Å²) in [5.74, 6) is 2.20. The molecule has 0 bridgehead atoms. The molecule has 1 aliphatic heterocycles. The van der Waals surface area contributed by atoms with Crippen molar-refractivity contribution in [2.45, 2.75) is 26.3 Å². The van der Waals surface area contributed by atoms with E-state index in [0.29, 0.717) is 36.3 Å². The first-order valence-corrected chi connectivity index (χ1v) is 11.6. The smallest absolute Gasteiger partial charge is 0.241 e. The van der Waals surface area contributed by atoms with E-state index in [1.807, 2.05) is 43.3 Å². The Morgan fingerprint density at radius 2 is 2.03 bits per heavy atom. The summed E-state index contributed by atoms with van der Waals surface area (Å²) in [4.78, 5) is 19.6. The molecule has 2 heterocycles. The van der Waals surface area contributed by atoms with Crippen LogP contribution in [-0.4, -0.2) is 48.3 Å². The van der Waals surface area contributed by atoms with E-state index in [1.165, 1.54) is 0 Å². The zero-order valence-corrected chi connectivity index (χ0v) is 20.5. The molecule has 8 nitrogen and oxygen atoms in total. The molecule has 1 aliphatic rings. The maximum Gasteiger partial charge on any atom is 0.241 e. The van der Waals surface area contributed by atoms with Gasteiger partial charge in [-0.25, -0.2) is 0 Å². The summed E-state index contributed by atoms with van der Waals surface area (Å²) in [5, 5.41) is 7.17. The van der Waals surface area contributed by atoms with Gasteiger partial charge in [-0.2, -0.15) is 4.98 Å². The van der Waals surface area contributed by atoms with E-state index in [2.05, 4.69) is 36.3 Å². The number of likely N-dealkylation sites (tertiary alicyclic amines) is 1. The molecule has 1 unspecified atom stereocenters. The van der Waals surface area contributed by atoms with Gasteiger partial charge in [0.25, 0.3) is 0 Å². The number of amides is 1. The highest BCUT2D eigenvalue weighted by Crippen LogP contribution is 2.31. The highest BCUT2D eigenvalue weighted by atomic mass is 79.9. The van der Waals surface area contributed by atoms with E-state index in [4.69, 9.17) is 14.0 Å². The van der Waals surface area contributed by atoms with Crippen LogP contribution in [0, 0.1) is 12.8 Å². The van der Waals surface area contributed by atoms with Crippen LogP contribution in [0.15, 0.2) is 45.4 Å². The van der Waals surface area contributed by atoms with Crippen LogP contribution in [-0.2, 0) is 11.3 Å². The van der Waals surface area contributed by atoms with Gasteiger partial charge in [-0.05, 0) is 68.3 Å². The van der Waals surface area contributed by atoms with Gasteiger partial charge in [0.15, 0.2) is 11.5 Å². The maximum atomic E-state index is 12.8. The molecule has 0 radical (unpaired) electrons. The van der Waals surface area contributed by atoms with Crippen molar-refractivity contribution in [2.24, 2.45) is 5.92 Å². The van der Waals surface area contributed by atoms with Crippen molar-refractivity contribution in [3.63, 3.8) is 0 Å². The maximum absolute atomic E-state index is 12.8. The van der Waals surface area contributed by atoms with Gasteiger partial charge in [-0.1, -0.05) is 21.1 Å². The van der Waals surface area contributed by atoms with E-state index in [0.717, 1.165) is 40.7 Å². The van der Waals surface area contributed by atoms with Crippen LogP contribution in [0.4, 0.5) is 5.69 Å². The molecular formula is C24H27BrN4O4. The number of anilines is 1. The largest absolute Gasteiger partial charge is 0.493 e. The van der Waals surface area contributed by atoms with Crippen LogP contribution >= 0.6 is 15.9 Å². The number of halogens is 1. The fourth-order valence-electron chi connectivity index (χ4n) is 3.98. The molecule has 0 saturated carbocycles. The summed E-state index contributed by atoms with van der Waals surface area (Å²) in [6, 6.07) is 11.3. The highest BCUT2D eigenvalue weighted by molar-refractivity contribution is 9.10. The fraction of sp³-hybridized carbons (Fsp3) is 0.375. The number of benzene rings is 2. The Balaban J connectivity index is 1.38. The third-order valence-electron chi connectivity index (χ3n) is 5.77. The van der Waals surface area contributed by atoms with Gasteiger partial charge >= 0.3 is 0 Å². The molecule has 174 valence electrons. The number of nitrogens with one attached hydrogen (secondary N) is 1. The molecule has 1 N–H and O–H groups in total. The number of aryl methyl sites for hydroxylation is 1. The minimum Gasteiger partial charge on any atom is -0.493 e. The van der Waals surface area contributed by atoms with Crippen LogP contribution in [0.5, 0.6) is 11.5 Å². The Bertz CT molecular complexity index is 1130. The number of aromatic nitrogens is 2. The first-order valence-electron chi connectivity index (χ1n) is 10.8. The Hall–Kier alpha value is -2.91. The fourth-order valence-corrected chi connectivity index (χ4v) is 4.23. The number of hydrogen-bond acceptors (Lipinski definition) is 7. The van der Waals surface area contributed by atoms with E-state index in [-0.39, 0.29) is 11.8 Å². The predicted octanol–water partition coefficient (Wildman–Crippen LogP) is 4.68. The number of piperidine rings is 1. The molecule has 4 rings (SSSR count). The Kier molecular flexibility index (Phi) is 7.29. The van der Waals surface area contributed by atoms with E-state index < -0.39 is 0 Å². The van der Waals surface area contributed by atoms with Crippen molar-refractivity contribution >= 4 is 27.5 Å². The van der Waals surface area contributed by atoms with Crippen LogP contribution in [0.2, 0.25) is 0 Å². The van der Waals surface area contributed by atoms with Gasteiger partial charge in [0.1, 0.15) is 0 Å². The summed E-state index contributed by atoms with van der Waals surface area (Å²) >= 11 is 3.49. The number of hydrogen-bond donors (Lipinski definition) is 1. The second-order valence-corrected chi connectivity index (χ2v) is 8.96. The number of ether oxygens (including phenoxy) is 2. The average Bonchev–Trinajstić information content (AvgIpc) is 3.29. The van der Waals surface area contributed by atoms with Crippen LogP contribution in [0.3, 0.4) is 0 Å². The predicted molar refractivity (Wildman–Crippen MR) is 128 cm³/mol. The molecular weight excluding hydrogens is 488 g/mol. The average molecular weight is 515 g/mol. The topological polar surface area (TPSA) is 89.7 Å². The molecule has 2 aromatic carbocycles. The molecule has 0 aliphatic carbocycles. The van der Waals surface area contributed by atoms with Gasteiger partial charge in [0, 0.05) is 22.3 Å². The van der Waals surface area contributed by atoms with Gasteiger partial charge in [-0.3, -0.25) is 9.69 Å². The number of carbonyl (C=O) groups excluding carboxylic acids is 1. The lowest BCUT2D eigenvalue weighted by Crippen LogP contribution is -2.40. The van der Waals surface area contributed by atoms with Crippen LogP contribution in [0.1, 0.15) is 24.3 Å². The molecule has 1 atom stereocenters. The third kappa shape index (κ3) is 5.54. The lowest BCUT2D eigenvalue weighted by atomic mass is 9.97. The molecule has 1 fully saturated rings. The van der Waals surface area contributed by atoms with Gasteiger partial charge in [0.05, 0.1) is 26.7 Å². The quantitative estimate of drug-likeness (QED) is 0.489. The summed E-state index contributed by atoms with van der Waals surface area (Å²) in [7, 11) is 3.18. The van der Waals surface area contributed by atoms with E-state index >= 15 is 0 Å². The van der Waals surface area contributed by atoms with Crippen LogP contribution < -0.4 is 14.8 Å². The van der Waals surface area contributed by atoms with E-state index in [9.17, 15) is 4.79 Å². The molecule has 3 aromatic rings. The van der Waals surface area contributed by atoms with Crippen molar-refractivity contribution in [1.29, 1.82) is 0 Å². The standard InChI is InChI=1S/C24H27BrN4O4/c1-15-11-18(7-8-19(15)25)26-24(30)17-5-4-10-29(13-17)14-22-27-23(28-33-22)16-6-9-20(31-2)21(12-16)32-3/h6-9,11-12,17H,4-5,10,13-14H2,1-3H3,(H,26,30). The Labute approximate surface area is 201 Å². The second kappa shape index (κ2) is 10.4. The van der Waals surface area contributed by atoms with Crippen molar-refractivity contribution in [2.75, 3.05) is 32.6 Å².